The molecule has 0 spiro atoms. The number of halogens is 2. The summed E-state index contributed by atoms with van der Waals surface area (Å²) in [5.74, 6) is 0.0329. The molecule has 18 heavy (non-hydrogen) atoms. The van der Waals surface area contributed by atoms with Crippen LogP contribution in [0.15, 0.2) is 23.4 Å². The molecule has 0 unspecified atom stereocenters. The van der Waals surface area contributed by atoms with Crippen molar-refractivity contribution in [1.82, 2.24) is 0 Å². The van der Waals surface area contributed by atoms with E-state index in [1.165, 1.54) is 12.1 Å². The van der Waals surface area contributed by atoms with Crippen molar-refractivity contribution in [3.63, 3.8) is 0 Å². The summed E-state index contributed by atoms with van der Waals surface area (Å²) in [5.41, 5.74) is 5.85. The van der Waals surface area contributed by atoms with Crippen LogP contribution in [0.3, 0.4) is 0 Å². The van der Waals surface area contributed by atoms with Gasteiger partial charge in [0.1, 0.15) is 5.84 Å². The van der Waals surface area contributed by atoms with E-state index >= 15 is 0 Å². The molecule has 1 aliphatic rings. The Bertz CT molecular complexity index is 479. The number of nitrogens with one attached hydrogen (secondary N) is 1. The SMILES string of the molecule is NC(CCNc1ccc2c(c1)OC(F)(F)O2)=NO. The summed E-state index contributed by atoms with van der Waals surface area (Å²) in [5, 5.41) is 14.1. The molecule has 0 atom stereocenters. The first kappa shape index (κ1) is 12.2. The van der Waals surface area contributed by atoms with Gasteiger partial charge in [-0.3, -0.25) is 0 Å². The Labute approximate surface area is 101 Å². The van der Waals surface area contributed by atoms with Crippen molar-refractivity contribution in [2.45, 2.75) is 12.7 Å². The molecule has 0 fully saturated rings. The summed E-state index contributed by atoms with van der Waals surface area (Å²) >= 11 is 0. The first-order chi connectivity index (χ1) is 8.50. The van der Waals surface area contributed by atoms with E-state index in [2.05, 4.69) is 19.9 Å². The average molecular weight is 259 g/mol. The van der Waals surface area contributed by atoms with Gasteiger partial charge in [0.15, 0.2) is 11.5 Å². The molecule has 1 aliphatic heterocycles. The minimum Gasteiger partial charge on any atom is -0.409 e. The highest BCUT2D eigenvalue weighted by atomic mass is 19.3. The van der Waals surface area contributed by atoms with Crippen LogP contribution in [0.2, 0.25) is 0 Å². The molecule has 0 saturated heterocycles. The molecular formula is C10H11F2N3O3. The van der Waals surface area contributed by atoms with Gasteiger partial charge in [0, 0.05) is 24.7 Å². The van der Waals surface area contributed by atoms with Crippen LogP contribution in [-0.2, 0) is 0 Å². The van der Waals surface area contributed by atoms with Crippen LogP contribution in [-0.4, -0.2) is 23.9 Å². The highest BCUT2D eigenvalue weighted by molar-refractivity contribution is 5.80. The lowest BCUT2D eigenvalue weighted by Gasteiger charge is -2.06. The molecule has 8 heteroatoms. The second-order valence-corrected chi connectivity index (χ2v) is 3.60. The monoisotopic (exact) mass is 259 g/mol. The maximum Gasteiger partial charge on any atom is 0.586 e. The van der Waals surface area contributed by atoms with E-state index in [9.17, 15) is 8.78 Å². The first-order valence-corrected chi connectivity index (χ1v) is 5.10. The van der Waals surface area contributed by atoms with Crippen LogP contribution >= 0.6 is 0 Å². The number of nitrogens with two attached hydrogens (primary N) is 1. The third-order valence-corrected chi connectivity index (χ3v) is 2.24. The fourth-order valence-electron chi connectivity index (χ4n) is 1.44. The smallest absolute Gasteiger partial charge is 0.409 e. The number of benzene rings is 1. The molecule has 0 saturated carbocycles. The summed E-state index contributed by atoms with van der Waals surface area (Å²) in [7, 11) is 0. The highest BCUT2D eigenvalue weighted by Crippen LogP contribution is 2.42. The van der Waals surface area contributed by atoms with E-state index in [0.717, 1.165) is 0 Å². The summed E-state index contributed by atoms with van der Waals surface area (Å²) in [6.45, 7) is 0.395. The van der Waals surface area contributed by atoms with Crippen LogP contribution in [0.25, 0.3) is 0 Å². The van der Waals surface area contributed by atoms with Gasteiger partial charge in [0.2, 0.25) is 0 Å². The molecule has 0 bridgehead atoms. The van der Waals surface area contributed by atoms with E-state index in [4.69, 9.17) is 10.9 Å². The topological polar surface area (TPSA) is 89.1 Å². The average Bonchev–Trinajstić information content (AvgIpc) is 2.62. The Kier molecular flexibility index (Phi) is 3.09. The summed E-state index contributed by atoms with van der Waals surface area (Å²) < 4.78 is 34.0. The molecule has 2 rings (SSSR count). The number of alkyl halides is 2. The fraction of sp³-hybridized carbons (Fsp3) is 0.300. The van der Waals surface area contributed by atoms with Gasteiger partial charge >= 0.3 is 6.29 Å². The van der Waals surface area contributed by atoms with E-state index in [0.29, 0.717) is 18.7 Å². The van der Waals surface area contributed by atoms with Gasteiger partial charge in [-0.1, -0.05) is 5.16 Å². The molecule has 4 N–H and O–H groups in total. The van der Waals surface area contributed by atoms with Crippen molar-refractivity contribution in [2.75, 3.05) is 11.9 Å². The van der Waals surface area contributed by atoms with Crippen molar-refractivity contribution < 1.29 is 23.5 Å². The summed E-state index contributed by atoms with van der Waals surface area (Å²) in [4.78, 5) is 0. The van der Waals surface area contributed by atoms with Crippen molar-refractivity contribution in [3.05, 3.63) is 18.2 Å². The zero-order valence-electron chi connectivity index (χ0n) is 9.19. The Balaban J connectivity index is 1.97. The number of ether oxygens (including phenoxy) is 2. The number of hydrogen-bond donors (Lipinski definition) is 3. The number of oxime groups is 1. The number of fused-ring (bicyclic) bond motifs is 1. The van der Waals surface area contributed by atoms with Gasteiger partial charge < -0.3 is 25.7 Å². The molecule has 1 aromatic rings. The third-order valence-electron chi connectivity index (χ3n) is 2.24. The zero-order chi connectivity index (χ0) is 13.2. The largest absolute Gasteiger partial charge is 0.586 e. The minimum absolute atomic E-state index is 0.0121. The molecular weight excluding hydrogens is 248 g/mol. The van der Waals surface area contributed by atoms with Gasteiger partial charge in [0.05, 0.1) is 0 Å². The molecule has 6 nitrogen and oxygen atoms in total. The second-order valence-electron chi connectivity index (χ2n) is 3.60. The van der Waals surface area contributed by atoms with Gasteiger partial charge in [0.25, 0.3) is 0 Å². The van der Waals surface area contributed by atoms with Crippen molar-refractivity contribution in [2.24, 2.45) is 10.9 Å². The van der Waals surface area contributed by atoms with Crippen LogP contribution < -0.4 is 20.5 Å². The Morgan fingerprint density at radius 3 is 2.83 bits per heavy atom. The standard InChI is InChI=1S/C10H11F2N3O3/c11-10(12)17-7-2-1-6(5-8(7)18-10)14-4-3-9(13)15-16/h1-2,5,14,16H,3-4H2,(H2,13,15). The molecule has 1 aromatic carbocycles. The van der Waals surface area contributed by atoms with E-state index < -0.39 is 6.29 Å². The molecule has 1 heterocycles. The van der Waals surface area contributed by atoms with Crippen molar-refractivity contribution >= 4 is 11.5 Å². The number of amidine groups is 1. The zero-order valence-corrected chi connectivity index (χ0v) is 9.19. The highest BCUT2D eigenvalue weighted by Gasteiger charge is 2.43. The maximum atomic E-state index is 12.7. The minimum atomic E-state index is -3.62. The van der Waals surface area contributed by atoms with Crippen LogP contribution in [0.4, 0.5) is 14.5 Å². The van der Waals surface area contributed by atoms with Crippen LogP contribution in [0, 0.1) is 0 Å². The van der Waals surface area contributed by atoms with Gasteiger partial charge in [-0.15, -0.1) is 8.78 Å². The fourth-order valence-corrected chi connectivity index (χ4v) is 1.44. The molecule has 0 amide bonds. The Morgan fingerprint density at radius 2 is 2.11 bits per heavy atom. The first-order valence-electron chi connectivity index (χ1n) is 5.10. The molecule has 0 radical (unpaired) electrons. The number of rotatable bonds is 4. The summed E-state index contributed by atoms with van der Waals surface area (Å²) in [6.07, 6.45) is -3.30. The Morgan fingerprint density at radius 1 is 1.39 bits per heavy atom. The quantitative estimate of drug-likeness (QED) is 0.330. The van der Waals surface area contributed by atoms with Gasteiger partial charge in [-0.25, -0.2) is 0 Å². The molecule has 98 valence electrons. The van der Waals surface area contributed by atoms with Crippen molar-refractivity contribution in [3.8, 4) is 11.5 Å². The lowest BCUT2D eigenvalue weighted by Crippen LogP contribution is -2.25. The van der Waals surface area contributed by atoms with E-state index in [-0.39, 0.29) is 17.3 Å². The maximum absolute atomic E-state index is 12.7. The lowest BCUT2D eigenvalue weighted by atomic mass is 10.2. The molecule has 0 aliphatic carbocycles. The van der Waals surface area contributed by atoms with E-state index in [1.807, 2.05) is 0 Å². The number of hydrogen-bond acceptors (Lipinski definition) is 5. The normalized spacial score (nSPS) is 16.7. The number of anilines is 1. The molecule has 0 aromatic heterocycles. The second kappa shape index (κ2) is 4.55. The van der Waals surface area contributed by atoms with Crippen LogP contribution in [0.1, 0.15) is 6.42 Å². The third kappa shape index (κ3) is 2.70. The van der Waals surface area contributed by atoms with Crippen molar-refractivity contribution in [1.29, 1.82) is 0 Å². The van der Waals surface area contributed by atoms with E-state index in [1.54, 1.807) is 6.07 Å². The summed E-state index contributed by atoms with van der Waals surface area (Å²) in [6, 6.07) is 4.33. The van der Waals surface area contributed by atoms with Gasteiger partial charge in [-0.05, 0) is 12.1 Å². The Hall–Kier alpha value is -2.25. The lowest BCUT2D eigenvalue weighted by molar-refractivity contribution is -0.286. The predicted molar refractivity (Wildman–Crippen MR) is 59.2 cm³/mol. The van der Waals surface area contributed by atoms with Gasteiger partial charge in [-0.2, -0.15) is 0 Å². The van der Waals surface area contributed by atoms with Crippen LogP contribution in [0.5, 0.6) is 11.5 Å². The number of nitrogens with zero attached hydrogens (tertiary/aromatic N) is 1. The predicted octanol–water partition coefficient (Wildman–Crippen LogP) is 1.56.